The minimum absolute atomic E-state index is 0.767. The maximum absolute atomic E-state index is 3.73. The number of hydrogen-bond acceptors (Lipinski definition) is 2. The molecule has 2 fully saturated rings. The Balaban J connectivity index is 1.79. The van der Waals surface area contributed by atoms with Crippen LogP contribution >= 0.6 is 0 Å². The maximum atomic E-state index is 3.73. The van der Waals surface area contributed by atoms with Crippen molar-refractivity contribution in [3.8, 4) is 0 Å². The van der Waals surface area contributed by atoms with Crippen LogP contribution in [0.15, 0.2) is 0 Å². The van der Waals surface area contributed by atoms with E-state index in [-0.39, 0.29) is 0 Å². The molecule has 0 aromatic heterocycles. The second-order valence-electron chi connectivity index (χ2n) is 5.53. The molecule has 0 bridgehead atoms. The summed E-state index contributed by atoms with van der Waals surface area (Å²) in [5, 5.41) is 3.73. The second-order valence-corrected chi connectivity index (χ2v) is 5.53. The van der Waals surface area contributed by atoms with Crippen LogP contribution in [-0.2, 0) is 0 Å². The van der Waals surface area contributed by atoms with Crippen LogP contribution in [0, 0.1) is 0 Å². The lowest BCUT2D eigenvalue weighted by Crippen LogP contribution is -2.44. The van der Waals surface area contributed by atoms with Gasteiger partial charge in [0.25, 0.3) is 0 Å². The van der Waals surface area contributed by atoms with Crippen molar-refractivity contribution in [3.63, 3.8) is 0 Å². The molecule has 94 valence electrons. The van der Waals surface area contributed by atoms with E-state index < -0.39 is 0 Å². The van der Waals surface area contributed by atoms with Gasteiger partial charge in [-0.1, -0.05) is 32.6 Å². The zero-order chi connectivity index (χ0) is 11.2. The van der Waals surface area contributed by atoms with Crippen molar-refractivity contribution in [2.75, 3.05) is 19.6 Å². The molecule has 1 atom stereocenters. The van der Waals surface area contributed by atoms with E-state index in [1.165, 1.54) is 71.0 Å². The molecule has 1 aliphatic carbocycles. The minimum atomic E-state index is 0.767. The Morgan fingerprint density at radius 3 is 2.50 bits per heavy atom. The lowest BCUT2D eigenvalue weighted by atomic mass is 10.1. The van der Waals surface area contributed by atoms with E-state index in [9.17, 15) is 0 Å². The smallest absolute Gasteiger partial charge is 0.0195 e. The summed E-state index contributed by atoms with van der Waals surface area (Å²) in [5.41, 5.74) is 0. The van der Waals surface area contributed by atoms with Crippen molar-refractivity contribution in [2.45, 2.75) is 70.4 Å². The molecule has 0 aromatic carbocycles. The first kappa shape index (κ1) is 12.4. The van der Waals surface area contributed by atoms with Gasteiger partial charge in [0.05, 0.1) is 0 Å². The molecule has 0 spiro atoms. The third kappa shape index (κ3) is 3.46. The van der Waals surface area contributed by atoms with Gasteiger partial charge in [-0.3, -0.25) is 4.90 Å². The van der Waals surface area contributed by atoms with Crippen molar-refractivity contribution >= 4 is 0 Å². The molecule has 1 aliphatic heterocycles. The largest absolute Gasteiger partial charge is 0.313 e. The van der Waals surface area contributed by atoms with Crippen LogP contribution in [-0.4, -0.2) is 36.6 Å². The summed E-state index contributed by atoms with van der Waals surface area (Å²) >= 11 is 0. The van der Waals surface area contributed by atoms with Crippen molar-refractivity contribution in [1.29, 1.82) is 0 Å². The highest BCUT2D eigenvalue weighted by Crippen LogP contribution is 2.24. The van der Waals surface area contributed by atoms with Gasteiger partial charge in [-0.2, -0.15) is 0 Å². The first-order valence-corrected chi connectivity index (χ1v) is 7.37. The molecule has 0 amide bonds. The molecule has 1 unspecified atom stereocenters. The molecular formula is C14H28N2. The number of nitrogens with zero attached hydrogens (tertiary/aromatic N) is 1. The molecule has 0 radical (unpaired) electrons. The van der Waals surface area contributed by atoms with Crippen molar-refractivity contribution < 1.29 is 0 Å². The summed E-state index contributed by atoms with van der Waals surface area (Å²) in [4.78, 5) is 2.73. The quantitative estimate of drug-likeness (QED) is 0.790. The normalized spacial score (nSPS) is 28.5. The van der Waals surface area contributed by atoms with Crippen LogP contribution in [0.25, 0.3) is 0 Å². The molecule has 1 N–H and O–H groups in total. The van der Waals surface area contributed by atoms with Crippen LogP contribution in [0.5, 0.6) is 0 Å². The lowest BCUT2D eigenvalue weighted by Gasteiger charge is -2.31. The van der Waals surface area contributed by atoms with Gasteiger partial charge in [0.15, 0.2) is 0 Å². The van der Waals surface area contributed by atoms with Crippen LogP contribution in [0.4, 0.5) is 0 Å². The Bertz CT molecular complexity index is 179. The average Bonchev–Trinajstić information content (AvgIpc) is 2.71. The third-order valence-corrected chi connectivity index (χ3v) is 4.36. The van der Waals surface area contributed by atoms with Gasteiger partial charge in [0, 0.05) is 18.6 Å². The summed E-state index contributed by atoms with van der Waals surface area (Å²) in [6, 6.07) is 1.66. The van der Waals surface area contributed by atoms with Gasteiger partial charge in [0.2, 0.25) is 0 Å². The van der Waals surface area contributed by atoms with Crippen molar-refractivity contribution in [1.82, 2.24) is 10.2 Å². The minimum Gasteiger partial charge on any atom is -0.313 e. The van der Waals surface area contributed by atoms with E-state index in [0.29, 0.717) is 0 Å². The van der Waals surface area contributed by atoms with E-state index in [2.05, 4.69) is 17.1 Å². The Kier molecular flexibility index (Phi) is 5.11. The van der Waals surface area contributed by atoms with E-state index in [1.807, 2.05) is 0 Å². The van der Waals surface area contributed by atoms with Gasteiger partial charge in [-0.25, -0.2) is 0 Å². The van der Waals surface area contributed by atoms with Gasteiger partial charge >= 0.3 is 0 Å². The standard InChI is InChI=1S/C14H28N2/c1-2-16(14-9-5-6-10-14)12-13-8-4-3-7-11-15-13/h13-15H,2-12H2,1H3. The van der Waals surface area contributed by atoms with Crippen LogP contribution in [0.1, 0.15) is 58.3 Å². The SMILES string of the molecule is CCN(CC1CCCCCN1)C1CCCC1. The Labute approximate surface area is 101 Å². The predicted molar refractivity (Wildman–Crippen MR) is 69.8 cm³/mol. The molecule has 1 saturated heterocycles. The topological polar surface area (TPSA) is 15.3 Å². The van der Waals surface area contributed by atoms with Gasteiger partial charge in [0.1, 0.15) is 0 Å². The summed E-state index contributed by atoms with van der Waals surface area (Å²) in [5.74, 6) is 0. The maximum Gasteiger partial charge on any atom is 0.0195 e. The summed E-state index contributed by atoms with van der Waals surface area (Å²) < 4.78 is 0. The molecule has 1 saturated carbocycles. The Morgan fingerprint density at radius 1 is 1.00 bits per heavy atom. The van der Waals surface area contributed by atoms with Gasteiger partial charge < -0.3 is 5.32 Å². The predicted octanol–water partition coefficient (Wildman–Crippen LogP) is 2.78. The van der Waals surface area contributed by atoms with Crippen LogP contribution in [0.2, 0.25) is 0 Å². The fourth-order valence-electron chi connectivity index (χ4n) is 3.35. The molecule has 1 heterocycles. The van der Waals surface area contributed by atoms with Crippen molar-refractivity contribution in [3.05, 3.63) is 0 Å². The summed E-state index contributed by atoms with van der Waals surface area (Å²) in [6.07, 6.45) is 11.4. The number of rotatable bonds is 4. The van der Waals surface area contributed by atoms with E-state index in [4.69, 9.17) is 0 Å². The molecule has 2 heteroatoms. The molecule has 2 rings (SSSR count). The first-order chi connectivity index (χ1) is 7.90. The summed E-state index contributed by atoms with van der Waals surface area (Å²) in [7, 11) is 0. The monoisotopic (exact) mass is 224 g/mol. The molecule has 0 aromatic rings. The highest BCUT2D eigenvalue weighted by Gasteiger charge is 2.23. The lowest BCUT2D eigenvalue weighted by molar-refractivity contribution is 0.184. The second kappa shape index (κ2) is 6.61. The zero-order valence-corrected chi connectivity index (χ0v) is 10.9. The Morgan fingerprint density at radius 2 is 1.75 bits per heavy atom. The van der Waals surface area contributed by atoms with E-state index in [0.717, 1.165) is 12.1 Å². The molecule has 2 aliphatic rings. The van der Waals surface area contributed by atoms with Crippen molar-refractivity contribution in [2.24, 2.45) is 0 Å². The molecule has 16 heavy (non-hydrogen) atoms. The number of nitrogens with one attached hydrogen (secondary N) is 1. The zero-order valence-electron chi connectivity index (χ0n) is 10.9. The van der Waals surface area contributed by atoms with E-state index in [1.54, 1.807) is 0 Å². The molecular weight excluding hydrogens is 196 g/mol. The van der Waals surface area contributed by atoms with Gasteiger partial charge in [-0.15, -0.1) is 0 Å². The number of likely N-dealkylation sites (N-methyl/N-ethyl adjacent to an activating group) is 1. The average molecular weight is 224 g/mol. The number of hydrogen-bond donors (Lipinski definition) is 1. The fraction of sp³-hybridized carbons (Fsp3) is 1.00. The fourth-order valence-corrected chi connectivity index (χ4v) is 3.35. The van der Waals surface area contributed by atoms with E-state index >= 15 is 0 Å². The summed E-state index contributed by atoms with van der Waals surface area (Å²) in [6.45, 7) is 6.10. The van der Waals surface area contributed by atoms with Crippen LogP contribution in [0.3, 0.4) is 0 Å². The third-order valence-electron chi connectivity index (χ3n) is 4.36. The highest BCUT2D eigenvalue weighted by atomic mass is 15.2. The van der Waals surface area contributed by atoms with Gasteiger partial charge in [-0.05, 0) is 38.8 Å². The highest BCUT2D eigenvalue weighted by molar-refractivity contribution is 4.81. The first-order valence-electron chi connectivity index (χ1n) is 7.37. The Hall–Kier alpha value is -0.0800. The van der Waals surface area contributed by atoms with Crippen LogP contribution < -0.4 is 5.32 Å². The molecule has 2 nitrogen and oxygen atoms in total.